The van der Waals surface area contributed by atoms with E-state index >= 15 is 0 Å². The van der Waals surface area contributed by atoms with E-state index in [0.29, 0.717) is 23.6 Å². The van der Waals surface area contributed by atoms with Crippen LogP contribution in [0.25, 0.3) is 11.4 Å². The molecule has 0 fully saturated rings. The number of hydrogen-bond donors (Lipinski definition) is 2. The number of nitrogens with one attached hydrogen (secondary N) is 2. The minimum atomic E-state index is -0.0444. The van der Waals surface area contributed by atoms with Gasteiger partial charge in [-0.1, -0.05) is 30.3 Å². The number of aromatic amines is 1. The Hall–Kier alpha value is -2.93. The maximum atomic E-state index is 12.4. The van der Waals surface area contributed by atoms with Crippen molar-refractivity contribution in [1.82, 2.24) is 20.1 Å². The normalized spacial score (nSPS) is 11.8. The summed E-state index contributed by atoms with van der Waals surface area (Å²) in [5, 5.41) is 10.1. The topological polar surface area (TPSA) is 71.9 Å². The lowest BCUT2D eigenvalue weighted by Gasteiger charge is -2.14. The van der Waals surface area contributed by atoms with Crippen molar-refractivity contribution in [2.24, 2.45) is 0 Å². The first-order valence-electron chi connectivity index (χ1n) is 8.72. The van der Waals surface area contributed by atoms with Crippen LogP contribution in [0.3, 0.4) is 0 Å². The highest BCUT2D eigenvalue weighted by Crippen LogP contribution is 2.21. The molecule has 0 radical (unpaired) electrons. The van der Waals surface area contributed by atoms with Gasteiger partial charge in [-0.05, 0) is 49.0 Å². The van der Waals surface area contributed by atoms with Crippen molar-refractivity contribution in [3.63, 3.8) is 0 Å². The molecule has 0 saturated carbocycles. The molecule has 1 atom stereocenters. The number of benzene rings is 2. The number of carbonyl (C=O) groups is 1. The molecular weight excluding hydrogens is 360 g/mol. The molecule has 0 aliphatic carbocycles. The fraction of sp³-hybridized carbons (Fsp3) is 0.250. The van der Waals surface area contributed by atoms with E-state index in [9.17, 15) is 4.79 Å². The molecule has 0 aliphatic rings. The van der Waals surface area contributed by atoms with Gasteiger partial charge >= 0.3 is 0 Å². The summed E-state index contributed by atoms with van der Waals surface area (Å²) in [6, 6.07) is 17.4. The minimum Gasteiger partial charge on any atom is -0.497 e. The van der Waals surface area contributed by atoms with Gasteiger partial charge in [0.25, 0.3) is 0 Å². The van der Waals surface area contributed by atoms with Crippen molar-refractivity contribution in [1.29, 1.82) is 0 Å². The second-order valence-corrected chi connectivity index (χ2v) is 6.57. The molecule has 140 valence electrons. The number of amides is 1. The third-order valence-corrected chi connectivity index (χ3v) is 4.66. The molecule has 2 N–H and O–H groups in total. The van der Waals surface area contributed by atoms with Crippen LogP contribution < -0.4 is 10.1 Å². The predicted molar refractivity (Wildman–Crippen MR) is 107 cm³/mol. The Labute approximate surface area is 163 Å². The fourth-order valence-electron chi connectivity index (χ4n) is 2.84. The first kappa shape index (κ1) is 18.8. The monoisotopic (exact) mass is 382 g/mol. The van der Waals surface area contributed by atoms with Gasteiger partial charge in [-0.15, -0.1) is 0 Å². The van der Waals surface area contributed by atoms with Gasteiger partial charge in [-0.25, -0.2) is 0 Å². The number of hydrogen-bond acceptors (Lipinski definition) is 4. The first-order valence-corrected chi connectivity index (χ1v) is 9.13. The van der Waals surface area contributed by atoms with Crippen molar-refractivity contribution in [3.8, 4) is 17.1 Å². The standard InChI is InChI=1S/C20H22N4O2S/c1-14(15-6-4-3-5-7-15)21-18(25)12-13-24-19(22-23-20(24)27)16-8-10-17(26-2)11-9-16/h3-11,14H,12-13H2,1-2H3,(H,21,25)(H,23,27)/t14-/m1/s1. The summed E-state index contributed by atoms with van der Waals surface area (Å²) in [6.07, 6.45) is 0.314. The minimum absolute atomic E-state index is 0.0323. The molecule has 1 amide bonds. The number of nitrogens with zero attached hydrogens (tertiary/aromatic N) is 2. The Morgan fingerprint density at radius 2 is 1.93 bits per heavy atom. The summed E-state index contributed by atoms with van der Waals surface area (Å²) in [4.78, 5) is 12.4. The summed E-state index contributed by atoms with van der Waals surface area (Å²) >= 11 is 5.33. The van der Waals surface area contributed by atoms with Crippen LogP contribution in [0, 0.1) is 4.77 Å². The highest BCUT2D eigenvalue weighted by atomic mass is 32.1. The molecule has 1 heterocycles. The van der Waals surface area contributed by atoms with Gasteiger partial charge in [-0.3, -0.25) is 14.5 Å². The molecule has 7 heteroatoms. The maximum Gasteiger partial charge on any atom is 0.222 e. The first-order chi connectivity index (χ1) is 13.1. The summed E-state index contributed by atoms with van der Waals surface area (Å²) in [6.45, 7) is 2.42. The van der Waals surface area contributed by atoms with Gasteiger partial charge in [0.15, 0.2) is 10.6 Å². The van der Waals surface area contributed by atoms with Crippen LogP contribution in [0.1, 0.15) is 24.9 Å². The van der Waals surface area contributed by atoms with Crippen LogP contribution in [0.2, 0.25) is 0 Å². The molecule has 3 rings (SSSR count). The Balaban J connectivity index is 1.66. The smallest absolute Gasteiger partial charge is 0.222 e. The van der Waals surface area contributed by atoms with Gasteiger partial charge in [-0.2, -0.15) is 5.10 Å². The van der Waals surface area contributed by atoms with E-state index in [1.807, 2.05) is 66.1 Å². The Kier molecular flexibility index (Phi) is 6.03. The summed E-state index contributed by atoms with van der Waals surface area (Å²) < 4.78 is 7.51. The zero-order chi connectivity index (χ0) is 19.2. The Morgan fingerprint density at radius 3 is 2.59 bits per heavy atom. The molecule has 1 aromatic heterocycles. The molecule has 6 nitrogen and oxygen atoms in total. The third-order valence-electron chi connectivity index (χ3n) is 4.35. The molecule has 0 bridgehead atoms. The third kappa shape index (κ3) is 4.62. The second-order valence-electron chi connectivity index (χ2n) is 6.18. The van der Waals surface area contributed by atoms with Crippen LogP contribution in [-0.2, 0) is 11.3 Å². The number of ether oxygens (including phenoxy) is 1. The zero-order valence-electron chi connectivity index (χ0n) is 15.3. The largest absolute Gasteiger partial charge is 0.497 e. The van der Waals surface area contributed by atoms with E-state index in [4.69, 9.17) is 17.0 Å². The molecule has 27 heavy (non-hydrogen) atoms. The highest BCUT2D eigenvalue weighted by Gasteiger charge is 2.13. The SMILES string of the molecule is COc1ccc(-c2n[nH]c(=S)n2CCC(=O)N[C@H](C)c2ccccc2)cc1. The van der Waals surface area contributed by atoms with Crippen LogP contribution in [0.15, 0.2) is 54.6 Å². The van der Waals surface area contributed by atoms with Gasteiger partial charge in [0.2, 0.25) is 5.91 Å². The van der Waals surface area contributed by atoms with Crippen molar-refractivity contribution < 1.29 is 9.53 Å². The van der Waals surface area contributed by atoms with E-state index in [-0.39, 0.29) is 11.9 Å². The average Bonchev–Trinajstić information content (AvgIpc) is 3.07. The number of rotatable bonds is 7. The van der Waals surface area contributed by atoms with Gasteiger partial charge in [0, 0.05) is 18.5 Å². The second kappa shape index (κ2) is 8.64. The van der Waals surface area contributed by atoms with E-state index in [1.165, 1.54) is 0 Å². The van der Waals surface area contributed by atoms with E-state index in [1.54, 1.807) is 7.11 Å². The zero-order valence-corrected chi connectivity index (χ0v) is 16.1. The molecule has 0 spiro atoms. The lowest BCUT2D eigenvalue weighted by atomic mass is 10.1. The van der Waals surface area contributed by atoms with Crippen LogP contribution in [0.5, 0.6) is 5.75 Å². The van der Waals surface area contributed by atoms with Crippen molar-refractivity contribution in [2.75, 3.05) is 7.11 Å². The molecule has 3 aromatic rings. The molecular formula is C20H22N4O2S. The Bertz CT molecular complexity index is 948. The number of aromatic nitrogens is 3. The Morgan fingerprint density at radius 1 is 1.22 bits per heavy atom. The quantitative estimate of drug-likeness (QED) is 0.608. The summed E-state index contributed by atoms with van der Waals surface area (Å²) in [5.74, 6) is 1.44. The van der Waals surface area contributed by atoms with E-state index in [2.05, 4.69) is 15.5 Å². The van der Waals surface area contributed by atoms with E-state index in [0.717, 1.165) is 16.9 Å². The fourth-order valence-corrected chi connectivity index (χ4v) is 3.06. The number of H-pyrrole nitrogens is 1. The average molecular weight is 382 g/mol. The summed E-state index contributed by atoms with van der Waals surface area (Å²) in [5.41, 5.74) is 1.98. The van der Waals surface area contributed by atoms with Crippen LogP contribution in [-0.4, -0.2) is 27.8 Å². The highest BCUT2D eigenvalue weighted by molar-refractivity contribution is 7.71. The molecule has 0 saturated heterocycles. The maximum absolute atomic E-state index is 12.4. The number of carbonyl (C=O) groups excluding carboxylic acids is 1. The molecule has 0 unspecified atom stereocenters. The van der Waals surface area contributed by atoms with Gasteiger partial charge in [0.05, 0.1) is 13.2 Å². The molecule has 2 aromatic carbocycles. The lowest BCUT2D eigenvalue weighted by molar-refractivity contribution is -0.121. The van der Waals surface area contributed by atoms with Crippen molar-refractivity contribution in [2.45, 2.75) is 25.9 Å². The lowest BCUT2D eigenvalue weighted by Crippen LogP contribution is -2.27. The summed E-state index contributed by atoms with van der Waals surface area (Å²) in [7, 11) is 1.63. The van der Waals surface area contributed by atoms with Crippen molar-refractivity contribution in [3.05, 3.63) is 64.9 Å². The van der Waals surface area contributed by atoms with Crippen LogP contribution in [0.4, 0.5) is 0 Å². The van der Waals surface area contributed by atoms with Crippen molar-refractivity contribution >= 4 is 18.1 Å². The van der Waals surface area contributed by atoms with Gasteiger partial charge < -0.3 is 10.1 Å². The van der Waals surface area contributed by atoms with Crippen LogP contribution >= 0.6 is 12.2 Å². The van der Waals surface area contributed by atoms with Gasteiger partial charge in [0.1, 0.15) is 5.75 Å². The number of methoxy groups -OCH3 is 1. The predicted octanol–water partition coefficient (Wildman–Crippen LogP) is 3.88. The molecule has 0 aliphatic heterocycles. The van der Waals surface area contributed by atoms with E-state index < -0.39 is 0 Å².